The molecule has 0 radical (unpaired) electrons. The minimum Gasteiger partial charge on any atom is -0.320 e. The molecule has 0 aliphatic rings. The number of nitrogens with one attached hydrogen (secondary N) is 1. The molecule has 0 bridgehead atoms. The van der Waals surface area contributed by atoms with E-state index >= 15 is 4.39 Å². The molecule has 3 aromatic carbocycles. The van der Waals surface area contributed by atoms with E-state index in [2.05, 4.69) is 5.92 Å². The van der Waals surface area contributed by atoms with E-state index in [-0.39, 0.29) is 11.6 Å². The fraction of sp³-hybridized carbons (Fsp3) is 0.185. The maximum absolute atomic E-state index is 15.5. The van der Waals surface area contributed by atoms with Crippen LogP contribution in [0.5, 0.6) is 0 Å². The highest BCUT2D eigenvalue weighted by Crippen LogP contribution is 2.54. The molecule has 228 valence electrons. The predicted molar refractivity (Wildman–Crippen MR) is 140 cm³/mol. The van der Waals surface area contributed by atoms with Crippen molar-refractivity contribution in [3.8, 4) is 12.3 Å². The van der Waals surface area contributed by atoms with Crippen LogP contribution in [0.1, 0.15) is 31.8 Å². The van der Waals surface area contributed by atoms with E-state index in [1.807, 2.05) is 0 Å². The SMILES string of the molecule is C#CCN(C(=O)c1ccccc1)c1cccc(C(=O)Nc2c(I)cc(C(F)(C(F)(F)F)C(F)(F)F)cc2C(F)(F)F)c1F. The molecule has 0 atom stereocenters. The lowest BCUT2D eigenvalue weighted by Crippen LogP contribution is -2.50. The molecule has 0 heterocycles. The summed E-state index contributed by atoms with van der Waals surface area (Å²) in [5.74, 6) is -1.78. The number of benzene rings is 3. The Hall–Kier alpha value is -3.88. The van der Waals surface area contributed by atoms with Crippen LogP contribution in [0.15, 0.2) is 60.7 Å². The Labute approximate surface area is 249 Å². The van der Waals surface area contributed by atoms with Crippen LogP contribution in [-0.2, 0) is 11.8 Å². The van der Waals surface area contributed by atoms with Gasteiger partial charge in [-0.3, -0.25) is 14.5 Å². The number of terminal acetylenes is 1. The molecule has 3 rings (SSSR count). The molecule has 0 aromatic heterocycles. The first-order valence-corrected chi connectivity index (χ1v) is 12.5. The number of alkyl halides is 10. The fourth-order valence-corrected chi connectivity index (χ4v) is 4.58. The maximum atomic E-state index is 15.5. The van der Waals surface area contributed by atoms with E-state index < -0.39 is 86.1 Å². The van der Waals surface area contributed by atoms with Gasteiger partial charge in [-0.2, -0.15) is 39.5 Å². The number of carbonyl (C=O) groups excluding carboxylic acids is 2. The van der Waals surface area contributed by atoms with Crippen LogP contribution in [0.4, 0.5) is 59.7 Å². The highest BCUT2D eigenvalue weighted by molar-refractivity contribution is 14.1. The minimum atomic E-state index is -6.72. The topological polar surface area (TPSA) is 49.4 Å². The molecular weight excluding hydrogens is 720 g/mol. The third kappa shape index (κ3) is 6.55. The van der Waals surface area contributed by atoms with Crippen molar-refractivity contribution in [2.75, 3.05) is 16.8 Å². The summed E-state index contributed by atoms with van der Waals surface area (Å²) in [6, 6.07) is 9.23. The van der Waals surface area contributed by atoms with Crippen LogP contribution in [0.25, 0.3) is 0 Å². The van der Waals surface area contributed by atoms with E-state index in [9.17, 15) is 53.5 Å². The van der Waals surface area contributed by atoms with E-state index in [1.165, 1.54) is 24.3 Å². The largest absolute Gasteiger partial charge is 0.435 e. The van der Waals surface area contributed by atoms with Crippen molar-refractivity contribution in [3.05, 3.63) is 92.3 Å². The predicted octanol–water partition coefficient (Wildman–Crippen LogP) is 8.27. The standard InChI is InChI=1S/C27H14F11IN2O2/c1-2-11-41(23(43)14-7-4-3-5-8-14)19-10-6-9-16(20(19)28)22(42)40-21-17(25(30,31)32)12-15(13-18(21)39)24(29,26(33,34)35)27(36,37)38/h1,3-10,12-13H,11H2,(H,40,42). The molecule has 0 aliphatic heterocycles. The number of carbonyl (C=O) groups is 2. The van der Waals surface area contributed by atoms with Crippen molar-refractivity contribution in [1.29, 1.82) is 0 Å². The maximum Gasteiger partial charge on any atom is 0.435 e. The summed E-state index contributed by atoms with van der Waals surface area (Å²) >= 11 is 0.868. The van der Waals surface area contributed by atoms with Crippen LogP contribution in [0.3, 0.4) is 0 Å². The summed E-state index contributed by atoms with van der Waals surface area (Å²) in [4.78, 5) is 26.6. The normalized spacial score (nSPS) is 12.4. The first kappa shape index (κ1) is 33.6. The zero-order valence-corrected chi connectivity index (χ0v) is 23.0. The van der Waals surface area contributed by atoms with Gasteiger partial charge in [0.05, 0.1) is 29.0 Å². The fourth-order valence-electron chi connectivity index (χ4n) is 3.82. The molecule has 3 aromatic rings. The van der Waals surface area contributed by atoms with Crippen LogP contribution in [0, 0.1) is 21.7 Å². The Balaban J connectivity index is 2.12. The number of hydrogen-bond acceptors (Lipinski definition) is 2. The molecule has 2 amide bonds. The lowest BCUT2D eigenvalue weighted by molar-refractivity contribution is -0.348. The monoisotopic (exact) mass is 734 g/mol. The van der Waals surface area contributed by atoms with Gasteiger partial charge in [-0.1, -0.05) is 30.2 Å². The van der Waals surface area contributed by atoms with E-state index in [4.69, 9.17) is 6.42 Å². The van der Waals surface area contributed by atoms with E-state index in [0.29, 0.717) is 0 Å². The smallest absolute Gasteiger partial charge is 0.320 e. The van der Waals surface area contributed by atoms with E-state index in [0.717, 1.165) is 45.7 Å². The summed E-state index contributed by atoms with van der Waals surface area (Å²) in [7, 11) is 0. The number of nitrogens with zero attached hydrogens (tertiary/aromatic N) is 1. The second kappa shape index (κ2) is 12.0. The lowest BCUT2D eigenvalue weighted by Gasteiger charge is -2.31. The molecule has 16 heteroatoms. The molecule has 0 spiro atoms. The zero-order chi connectivity index (χ0) is 32.5. The summed E-state index contributed by atoms with van der Waals surface area (Å²) in [5.41, 5.74) is -13.8. The first-order chi connectivity index (χ1) is 19.8. The second-order valence-electron chi connectivity index (χ2n) is 8.59. The van der Waals surface area contributed by atoms with Gasteiger partial charge < -0.3 is 5.32 Å². The molecule has 0 unspecified atom stereocenters. The number of halogens is 12. The Morgan fingerprint density at radius 2 is 1.44 bits per heavy atom. The summed E-state index contributed by atoms with van der Waals surface area (Å²) < 4.78 is 150. The number of hydrogen-bond donors (Lipinski definition) is 1. The highest BCUT2D eigenvalue weighted by atomic mass is 127. The average molecular weight is 734 g/mol. The van der Waals surface area contributed by atoms with Crippen LogP contribution in [-0.4, -0.2) is 30.7 Å². The molecule has 0 fully saturated rings. The molecule has 0 aliphatic carbocycles. The molecule has 43 heavy (non-hydrogen) atoms. The van der Waals surface area contributed by atoms with Crippen molar-refractivity contribution in [2.45, 2.75) is 24.2 Å². The Morgan fingerprint density at radius 1 is 0.860 bits per heavy atom. The van der Waals surface area contributed by atoms with Gasteiger partial charge in [0.1, 0.15) is 0 Å². The third-order valence-electron chi connectivity index (χ3n) is 5.84. The van der Waals surface area contributed by atoms with Crippen molar-refractivity contribution in [1.82, 2.24) is 0 Å². The van der Waals surface area contributed by atoms with Crippen molar-refractivity contribution >= 4 is 45.8 Å². The van der Waals surface area contributed by atoms with Gasteiger partial charge >= 0.3 is 24.2 Å². The summed E-state index contributed by atoms with van der Waals surface area (Å²) in [5, 5.41) is 1.62. The quantitative estimate of drug-likeness (QED) is 0.158. The number of anilines is 2. The molecule has 4 nitrogen and oxygen atoms in total. The lowest BCUT2D eigenvalue weighted by atomic mass is 9.92. The molecular formula is C27H14F11IN2O2. The van der Waals surface area contributed by atoms with Crippen molar-refractivity contribution < 1.29 is 57.9 Å². The summed E-state index contributed by atoms with van der Waals surface area (Å²) in [6.45, 7) is -0.517. The molecule has 0 saturated carbocycles. The van der Waals surface area contributed by atoms with E-state index in [1.54, 1.807) is 11.4 Å². The van der Waals surface area contributed by atoms with Crippen LogP contribution < -0.4 is 10.2 Å². The number of amides is 2. The van der Waals surface area contributed by atoms with Crippen LogP contribution in [0.2, 0.25) is 0 Å². The molecule has 1 N–H and O–H groups in total. The van der Waals surface area contributed by atoms with Gasteiger partial charge in [0, 0.05) is 14.7 Å². The molecule has 0 saturated heterocycles. The van der Waals surface area contributed by atoms with Crippen LogP contribution >= 0.6 is 22.6 Å². The van der Waals surface area contributed by atoms with Gasteiger partial charge in [0.15, 0.2) is 5.82 Å². The highest BCUT2D eigenvalue weighted by Gasteiger charge is 2.73. The minimum absolute atomic E-state index is 0.0538. The zero-order valence-electron chi connectivity index (χ0n) is 20.9. The third-order valence-corrected chi connectivity index (χ3v) is 6.69. The van der Waals surface area contributed by atoms with Gasteiger partial charge in [-0.25, -0.2) is 8.78 Å². The van der Waals surface area contributed by atoms with Gasteiger partial charge in [-0.15, -0.1) is 6.42 Å². The van der Waals surface area contributed by atoms with Gasteiger partial charge in [0.2, 0.25) is 0 Å². The summed E-state index contributed by atoms with van der Waals surface area (Å²) in [6.07, 6.45) is -13.9. The number of rotatable bonds is 6. The Bertz CT molecular complexity index is 1560. The Morgan fingerprint density at radius 3 is 1.95 bits per heavy atom. The van der Waals surface area contributed by atoms with Crippen molar-refractivity contribution in [2.24, 2.45) is 0 Å². The average Bonchev–Trinajstić information content (AvgIpc) is 2.90. The van der Waals surface area contributed by atoms with Gasteiger partial charge in [0.25, 0.3) is 11.8 Å². The second-order valence-corrected chi connectivity index (χ2v) is 9.75. The first-order valence-electron chi connectivity index (χ1n) is 11.4. The van der Waals surface area contributed by atoms with Gasteiger partial charge in [-0.05, 0) is 59.0 Å². The Kier molecular flexibility index (Phi) is 9.39. The van der Waals surface area contributed by atoms with Crippen molar-refractivity contribution in [3.63, 3.8) is 0 Å².